The Kier molecular flexibility index (Phi) is 6.76. The van der Waals surface area contributed by atoms with Gasteiger partial charge in [-0.2, -0.15) is 0 Å². The van der Waals surface area contributed by atoms with Crippen LogP contribution in [-0.2, 0) is 4.79 Å². The third kappa shape index (κ3) is 4.75. The lowest BCUT2D eigenvalue weighted by atomic mass is 10.1. The number of benzene rings is 2. The van der Waals surface area contributed by atoms with Crippen LogP contribution in [0.4, 0.5) is 5.69 Å². The minimum Gasteiger partial charge on any atom is -0.496 e. The number of carbonyl (C=O) groups excluding carboxylic acids is 1. The van der Waals surface area contributed by atoms with Crippen molar-refractivity contribution in [2.45, 2.75) is 13.0 Å². The van der Waals surface area contributed by atoms with Crippen molar-refractivity contribution in [3.63, 3.8) is 0 Å². The summed E-state index contributed by atoms with van der Waals surface area (Å²) in [6.45, 7) is 5.81. The molecular weight excluding hydrogens is 354 g/mol. The summed E-state index contributed by atoms with van der Waals surface area (Å²) in [6.07, 6.45) is 0. The van der Waals surface area contributed by atoms with Gasteiger partial charge in [0.05, 0.1) is 32.5 Å². The van der Waals surface area contributed by atoms with E-state index in [0.717, 1.165) is 48.9 Å². The summed E-state index contributed by atoms with van der Waals surface area (Å²) >= 11 is 0. The van der Waals surface area contributed by atoms with E-state index in [1.807, 2.05) is 49.4 Å². The molecule has 3 rings (SSSR count). The lowest BCUT2D eigenvalue weighted by Crippen LogP contribution is -2.49. The molecule has 6 nitrogen and oxygen atoms in total. The van der Waals surface area contributed by atoms with E-state index in [1.165, 1.54) is 0 Å². The Bertz CT molecular complexity index is 788. The third-order valence-electron chi connectivity index (χ3n) is 5.15. The minimum absolute atomic E-state index is 0.0316. The Morgan fingerprint density at radius 2 is 1.57 bits per heavy atom. The van der Waals surface area contributed by atoms with Crippen LogP contribution in [0.5, 0.6) is 11.5 Å². The largest absolute Gasteiger partial charge is 0.496 e. The standard InChI is InChI=1S/C22H29N3O3/c1-17(18-8-4-6-10-20(18)27-2)23-22(26)16-24-12-14-25(15-13-24)19-9-5-7-11-21(19)28-3/h4-11,17H,12-16H2,1-3H3,(H,23,26). The number of hydrogen-bond donors (Lipinski definition) is 1. The van der Waals surface area contributed by atoms with E-state index in [1.54, 1.807) is 14.2 Å². The number of piperazine rings is 1. The van der Waals surface area contributed by atoms with Gasteiger partial charge >= 0.3 is 0 Å². The van der Waals surface area contributed by atoms with Crippen LogP contribution in [0.3, 0.4) is 0 Å². The normalized spacial score (nSPS) is 15.8. The van der Waals surface area contributed by atoms with Gasteiger partial charge in [-0.05, 0) is 25.1 Å². The first kappa shape index (κ1) is 20.0. The predicted octanol–water partition coefficient (Wildman–Crippen LogP) is 2.70. The number of anilines is 1. The Balaban J connectivity index is 1.51. The molecule has 2 aromatic rings. The van der Waals surface area contributed by atoms with Crippen molar-refractivity contribution >= 4 is 11.6 Å². The smallest absolute Gasteiger partial charge is 0.234 e. The maximum atomic E-state index is 12.5. The molecule has 1 saturated heterocycles. The highest BCUT2D eigenvalue weighted by molar-refractivity contribution is 5.78. The van der Waals surface area contributed by atoms with Crippen LogP contribution < -0.4 is 19.7 Å². The second-order valence-corrected chi connectivity index (χ2v) is 6.97. The maximum Gasteiger partial charge on any atom is 0.234 e. The third-order valence-corrected chi connectivity index (χ3v) is 5.15. The molecule has 1 aliphatic heterocycles. The first-order valence-corrected chi connectivity index (χ1v) is 9.65. The number of carbonyl (C=O) groups is 1. The van der Waals surface area contributed by atoms with Gasteiger partial charge in [-0.25, -0.2) is 0 Å². The average Bonchev–Trinajstić information content (AvgIpc) is 2.74. The van der Waals surface area contributed by atoms with Crippen molar-refractivity contribution in [1.29, 1.82) is 0 Å². The Labute approximate surface area is 167 Å². The number of nitrogens with one attached hydrogen (secondary N) is 1. The second-order valence-electron chi connectivity index (χ2n) is 6.97. The molecule has 1 amide bonds. The van der Waals surface area contributed by atoms with Crippen molar-refractivity contribution in [1.82, 2.24) is 10.2 Å². The van der Waals surface area contributed by atoms with Crippen molar-refractivity contribution in [3.8, 4) is 11.5 Å². The molecule has 6 heteroatoms. The van der Waals surface area contributed by atoms with Crippen molar-refractivity contribution < 1.29 is 14.3 Å². The van der Waals surface area contributed by atoms with E-state index in [2.05, 4.69) is 21.2 Å². The van der Waals surface area contributed by atoms with E-state index in [9.17, 15) is 4.79 Å². The second kappa shape index (κ2) is 9.46. The molecule has 0 bridgehead atoms. The van der Waals surface area contributed by atoms with Crippen LogP contribution in [0.1, 0.15) is 18.5 Å². The number of amides is 1. The number of methoxy groups -OCH3 is 2. The first-order valence-electron chi connectivity index (χ1n) is 9.65. The zero-order chi connectivity index (χ0) is 19.9. The fourth-order valence-electron chi connectivity index (χ4n) is 3.63. The topological polar surface area (TPSA) is 54.0 Å². The lowest BCUT2D eigenvalue weighted by molar-refractivity contribution is -0.123. The highest BCUT2D eigenvalue weighted by Crippen LogP contribution is 2.28. The van der Waals surface area contributed by atoms with Crippen molar-refractivity contribution in [2.24, 2.45) is 0 Å². The molecule has 0 saturated carbocycles. The molecule has 2 aromatic carbocycles. The van der Waals surface area contributed by atoms with Crippen LogP contribution in [0.25, 0.3) is 0 Å². The van der Waals surface area contributed by atoms with Gasteiger partial charge in [-0.3, -0.25) is 9.69 Å². The van der Waals surface area contributed by atoms with Crippen LogP contribution in [0.15, 0.2) is 48.5 Å². The molecule has 0 aromatic heterocycles. The van der Waals surface area contributed by atoms with Crippen molar-refractivity contribution in [2.75, 3.05) is 51.8 Å². The number of nitrogens with zero attached hydrogens (tertiary/aromatic N) is 2. The highest BCUT2D eigenvalue weighted by Gasteiger charge is 2.22. The maximum absolute atomic E-state index is 12.5. The van der Waals surface area contributed by atoms with Crippen molar-refractivity contribution in [3.05, 3.63) is 54.1 Å². The van der Waals surface area contributed by atoms with Gasteiger partial charge in [0.15, 0.2) is 0 Å². The summed E-state index contributed by atoms with van der Waals surface area (Å²) in [7, 11) is 3.34. The molecule has 28 heavy (non-hydrogen) atoms. The monoisotopic (exact) mass is 383 g/mol. The number of rotatable bonds is 7. The average molecular weight is 383 g/mol. The molecule has 1 N–H and O–H groups in total. The van der Waals surface area contributed by atoms with E-state index >= 15 is 0 Å². The summed E-state index contributed by atoms with van der Waals surface area (Å²) in [5, 5.41) is 3.09. The summed E-state index contributed by atoms with van der Waals surface area (Å²) in [5.41, 5.74) is 2.10. The fraction of sp³-hybridized carbons (Fsp3) is 0.409. The summed E-state index contributed by atoms with van der Waals surface area (Å²) in [5.74, 6) is 1.71. The van der Waals surface area contributed by atoms with Gasteiger partial charge in [-0.15, -0.1) is 0 Å². The van der Waals surface area contributed by atoms with E-state index in [4.69, 9.17) is 9.47 Å². The zero-order valence-corrected chi connectivity index (χ0v) is 16.9. The van der Waals surface area contributed by atoms with Gasteiger partial charge in [0.25, 0.3) is 0 Å². The van der Waals surface area contributed by atoms with Crippen LogP contribution in [-0.4, -0.2) is 57.8 Å². The van der Waals surface area contributed by atoms with Gasteiger partial charge in [-0.1, -0.05) is 30.3 Å². The minimum atomic E-state index is -0.0986. The molecule has 1 atom stereocenters. The SMILES string of the molecule is COc1ccccc1C(C)NC(=O)CN1CCN(c2ccccc2OC)CC1. The molecule has 0 radical (unpaired) electrons. The number of ether oxygens (including phenoxy) is 2. The summed E-state index contributed by atoms with van der Waals surface area (Å²) < 4.78 is 10.9. The molecule has 0 spiro atoms. The molecular formula is C22H29N3O3. The van der Waals surface area contributed by atoms with Crippen LogP contribution in [0, 0.1) is 0 Å². The van der Waals surface area contributed by atoms with E-state index in [0.29, 0.717) is 6.54 Å². The van der Waals surface area contributed by atoms with Crippen LogP contribution >= 0.6 is 0 Å². The lowest BCUT2D eigenvalue weighted by Gasteiger charge is -2.36. The van der Waals surface area contributed by atoms with Crippen LogP contribution in [0.2, 0.25) is 0 Å². The van der Waals surface area contributed by atoms with E-state index < -0.39 is 0 Å². The summed E-state index contributed by atoms with van der Waals surface area (Å²) in [6, 6.07) is 15.7. The quantitative estimate of drug-likeness (QED) is 0.797. The Morgan fingerprint density at radius 3 is 2.25 bits per heavy atom. The zero-order valence-electron chi connectivity index (χ0n) is 16.9. The number of para-hydroxylation sites is 3. The molecule has 1 aliphatic rings. The number of hydrogen-bond acceptors (Lipinski definition) is 5. The predicted molar refractivity (Wildman–Crippen MR) is 111 cm³/mol. The Morgan fingerprint density at radius 1 is 0.964 bits per heavy atom. The molecule has 1 fully saturated rings. The summed E-state index contributed by atoms with van der Waals surface area (Å²) in [4.78, 5) is 17.0. The first-order chi connectivity index (χ1) is 13.6. The molecule has 1 unspecified atom stereocenters. The van der Waals surface area contributed by atoms with E-state index in [-0.39, 0.29) is 11.9 Å². The Hall–Kier alpha value is -2.73. The molecule has 0 aliphatic carbocycles. The van der Waals surface area contributed by atoms with Gasteiger partial charge in [0, 0.05) is 31.7 Å². The van der Waals surface area contributed by atoms with Gasteiger partial charge in [0.1, 0.15) is 11.5 Å². The molecule has 1 heterocycles. The van der Waals surface area contributed by atoms with Gasteiger partial charge < -0.3 is 19.7 Å². The molecule has 150 valence electrons. The highest BCUT2D eigenvalue weighted by atomic mass is 16.5. The fourth-order valence-corrected chi connectivity index (χ4v) is 3.63. The van der Waals surface area contributed by atoms with Gasteiger partial charge in [0.2, 0.25) is 5.91 Å².